The second-order valence-electron chi connectivity index (χ2n) is 7.58. The van der Waals surface area contributed by atoms with Crippen molar-refractivity contribution in [3.8, 4) is 0 Å². The van der Waals surface area contributed by atoms with Gasteiger partial charge < -0.3 is 15.5 Å². The number of piperidine rings is 1. The molecule has 2 atom stereocenters. The highest BCUT2D eigenvalue weighted by molar-refractivity contribution is 6.30. The van der Waals surface area contributed by atoms with Gasteiger partial charge in [-0.2, -0.15) is 0 Å². The van der Waals surface area contributed by atoms with E-state index in [1.165, 1.54) is 24.8 Å². The van der Waals surface area contributed by atoms with Crippen LogP contribution in [0.2, 0.25) is 5.02 Å². The molecule has 8 nitrogen and oxygen atoms in total. The number of likely N-dealkylation sites (tertiary alicyclic amines) is 1. The summed E-state index contributed by atoms with van der Waals surface area (Å²) in [5.74, 6) is -3.95. The van der Waals surface area contributed by atoms with Gasteiger partial charge in [-0.3, -0.25) is 15.2 Å². The second-order valence-corrected chi connectivity index (χ2v) is 8.02. The second kappa shape index (κ2) is 9.99. The van der Waals surface area contributed by atoms with Crippen LogP contribution < -0.4 is 10.6 Å². The van der Waals surface area contributed by atoms with Crippen LogP contribution in [0, 0.1) is 11.3 Å². The topological polar surface area (TPSA) is 107 Å². The molecule has 3 heterocycles. The average Bonchev–Trinajstić information content (AvgIpc) is 2.77. The molecule has 0 aromatic carbocycles. The van der Waals surface area contributed by atoms with E-state index in [2.05, 4.69) is 25.6 Å². The van der Waals surface area contributed by atoms with E-state index in [9.17, 15) is 13.6 Å². The van der Waals surface area contributed by atoms with Crippen molar-refractivity contribution in [1.29, 1.82) is 5.41 Å². The van der Waals surface area contributed by atoms with E-state index in [4.69, 9.17) is 17.0 Å². The molecule has 1 aliphatic rings. The molecule has 0 radical (unpaired) electrons. The molecule has 2 aromatic rings. The Bertz CT molecular complexity index is 985. The van der Waals surface area contributed by atoms with Crippen LogP contribution in [0.5, 0.6) is 0 Å². The first-order chi connectivity index (χ1) is 15.2. The van der Waals surface area contributed by atoms with Crippen LogP contribution in [-0.2, 0) is 4.79 Å². The molecule has 11 heteroatoms. The SMILES string of the molecule is CN/C=C(\C(=N)c1ccccn1)C(=O)N1CC(F)(F)C[C@@H](C)C1CNc1ncc(Cl)cn1. The molecular weight excluding hydrogens is 440 g/mol. The lowest BCUT2D eigenvalue weighted by molar-refractivity contribution is -0.147. The first kappa shape index (κ1) is 23.5. The van der Waals surface area contributed by atoms with Crippen LogP contribution in [0.1, 0.15) is 19.0 Å². The Morgan fingerprint density at radius 1 is 1.34 bits per heavy atom. The molecule has 0 aliphatic carbocycles. The number of alkyl halides is 2. The maximum absolute atomic E-state index is 14.5. The number of amides is 1. The van der Waals surface area contributed by atoms with Gasteiger partial charge in [-0.25, -0.2) is 18.7 Å². The minimum Gasteiger partial charge on any atom is -0.393 e. The number of nitrogens with one attached hydrogen (secondary N) is 3. The van der Waals surface area contributed by atoms with Crippen molar-refractivity contribution in [2.75, 3.05) is 25.5 Å². The van der Waals surface area contributed by atoms with Crippen molar-refractivity contribution >= 4 is 29.2 Å². The van der Waals surface area contributed by atoms with E-state index in [0.29, 0.717) is 5.02 Å². The molecule has 1 fully saturated rings. The van der Waals surface area contributed by atoms with E-state index in [1.807, 2.05) is 0 Å². The summed E-state index contributed by atoms with van der Waals surface area (Å²) in [6.45, 7) is 1.09. The van der Waals surface area contributed by atoms with Crippen LogP contribution >= 0.6 is 11.6 Å². The van der Waals surface area contributed by atoms with Crippen molar-refractivity contribution in [3.05, 3.63) is 59.3 Å². The molecule has 3 rings (SSSR count). The number of aromatic nitrogens is 3. The molecule has 0 spiro atoms. The Hall–Kier alpha value is -3.14. The van der Waals surface area contributed by atoms with Gasteiger partial charge in [-0.1, -0.05) is 24.6 Å². The summed E-state index contributed by atoms with van der Waals surface area (Å²) >= 11 is 5.80. The van der Waals surface area contributed by atoms with Gasteiger partial charge in [-0.15, -0.1) is 0 Å². The zero-order chi connectivity index (χ0) is 23.3. The van der Waals surface area contributed by atoms with E-state index < -0.39 is 30.3 Å². The monoisotopic (exact) mass is 463 g/mol. The predicted molar refractivity (Wildman–Crippen MR) is 118 cm³/mol. The molecule has 1 unspecified atom stereocenters. The van der Waals surface area contributed by atoms with E-state index >= 15 is 0 Å². The third kappa shape index (κ3) is 5.56. The zero-order valence-electron chi connectivity index (χ0n) is 17.6. The largest absolute Gasteiger partial charge is 0.393 e. The van der Waals surface area contributed by atoms with Gasteiger partial charge in [0.25, 0.3) is 11.8 Å². The summed E-state index contributed by atoms with van der Waals surface area (Å²) in [6.07, 6.45) is 5.32. The highest BCUT2D eigenvalue weighted by Crippen LogP contribution is 2.35. The van der Waals surface area contributed by atoms with Crippen molar-refractivity contribution in [3.63, 3.8) is 0 Å². The maximum Gasteiger partial charge on any atom is 0.265 e. The normalized spacial score (nSPS) is 20.5. The molecule has 32 heavy (non-hydrogen) atoms. The van der Waals surface area contributed by atoms with Crippen LogP contribution in [0.4, 0.5) is 14.7 Å². The van der Waals surface area contributed by atoms with Gasteiger partial charge in [0.2, 0.25) is 5.95 Å². The quantitative estimate of drug-likeness (QED) is 0.430. The molecular formula is C21H24ClF2N7O. The molecule has 3 N–H and O–H groups in total. The molecule has 1 amide bonds. The Kier molecular flexibility index (Phi) is 7.34. The first-order valence-corrected chi connectivity index (χ1v) is 10.4. The van der Waals surface area contributed by atoms with Crippen LogP contribution in [0.25, 0.3) is 0 Å². The Balaban J connectivity index is 1.87. The number of pyridine rings is 1. The highest BCUT2D eigenvalue weighted by Gasteiger charge is 2.46. The molecule has 0 saturated carbocycles. The van der Waals surface area contributed by atoms with Gasteiger partial charge >= 0.3 is 0 Å². The maximum atomic E-state index is 14.5. The summed E-state index contributed by atoms with van der Waals surface area (Å²) in [6, 6.07) is 4.39. The minimum absolute atomic E-state index is 0.0520. The fourth-order valence-electron chi connectivity index (χ4n) is 3.67. The van der Waals surface area contributed by atoms with Crippen LogP contribution in [0.15, 0.2) is 48.6 Å². The van der Waals surface area contributed by atoms with Gasteiger partial charge in [0.1, 0.15) is 0 Å². The lowest BCUT2D eigenvalue weighted by atomic mass is 9.87. The molecule has 2 aromatic heterocycles. The van der Waals surface area contributed by atoms with Gasteiger partial charge in [-0.05, 0) is 18.1 Å². The van der Waals surface area contributed by atoms with E-state index in [1.54, 1.807) is 32.2 Å². The Morgan fingerprint density at radius 3 is 2.69 bits per heavy atom. The first-order valence-electron chi connectivity index (χ1n) is 10.00. The van der Waals surface area contributed by atoms with Crippen LogP contribution in [-0.4, -0.2) is 63.6 Å². The summed E-state index contributed by atoms with van der Waals surface area (Å²) in [5, 5.41) is 14.6. The standard InChI is InChI=1S/C21H24ClF2N7O/c1-13-7-21(23,24)12-31(17(13)11-30-20-28-8-14(22)9-29-20)19(32)15(10-26-2)18(25)16-5-3-4-6-27-16/h3-6,8-10,13,17,25-26H,7,11-12H2,1-2H3,(H,28,29,30)/b15-10+,25-18?/t13-,17?/m1/s1. The van der Waals surface area contributed by atoms with Gasteiger partial charge in [0, 0.05) is 32.4 Å². The van der Waals surface area contributed by atoms with Crippen molar-refractivity contribution in [2.24, 2.45) is 5.92 Å². The fourth-order valence-corrected chi connectivity index (χ4v) is 3.76. The molecule has 170 valence electrons. The number of anilines is 1. The summed E-state index contributed by atoms with van der Waals surface area (Å²) in [5.41, 5.74) is 0.0616. The lowest BCUT2D eigenvalue weighted by Crippen LogP contribution is -2.58. The third-order valence-electron chi connectivity index (χ3n) is 5.14. The highest BCUT2D eigenvalue weighted by atomic mass is 35.5. The Morgan fingerprint density at radius 2 is 2.06 bits per heavy atom. The zero-order valence-corrected chi connectivity index (χ0v) is 18.4. The van der Waals surface area contributed by atoms with Gasteiger partial charge in [0.05, 0.1) is 47.0 Å². The molecule has 1 aliphatic heterocycles. The number of rotatable bonds is 7. The number of nitrogens with zero attached hydrogens (tertiary/aromatic N) is 4. The number of carbonyl (C=O) groups excluding carboxylic acids is 1. The van der Waals surface area contributed by atoms with Crippen molar-refractivity contribution < 1.29 is 13.6 Å². The number of hydrogen-bond donors (Lipinski definition) is 3. The number of carbonyl (C=O) groups is 1. The molecule has 0 bridgehead atoms. The van der Waals surface area contributed by atoms with Gasteiger partial charge in [0.15, 0.2) is 0 Å². The number of hydrogen-bond acceptors (Lipinski definition) is 7. The Labute approximate surface area is 189 Å². The fraction of sp³-hybridized carbons (Fsp3) is 0.381. The lowest BCUT2D eigenvalue weighted by Gasteiger charge is -2.43. The van der Waals surface area contributed by atoms with E-state index in [-0.39, 0.29) is 35.9 Å². The van der Waals surface area contributed by atoms with Crippen molar-refractivity contribution in [1.82, 2.24) is 25.2 Å². The minimum atomic E-state index is -3.04. The molecule has 1 saturated heterocycles. The number of halogens is 3. The smallest absolute Gasteiger partial charge is 0.265 e. The predicted octanol–water partition coefficient (Wildman–Crippen LogP) is 2.98. The van der Waals surface area contributed by atoms with E-state index in [0.717, 1.165) is 4.90 Å². The summed E-state index contributed by atoms with van der Waals surface area (Å²) in [4.78, 5) is 26.8. The van der Waals surface area contributed by atoms with Crippen LogP contribution in [0.3, 0.4) is 0 Å². The van der Waals surface area contributed by atoms with Crippen molar-refractivity contribution in [2.45, 2.75) is 25.3 Å². The third-order valence-corrected chi connectivity index (χ3v) is 5.33. The average molecular weight is 464 g/mol. The summed E-state index contributed by atoms with van der Waals surface area (Å²) in [7, 11) is 1.57. The summed E-state index contributed by atoms with van der Waals surface area (Å²) < 4.78 is 28.9.